The summed E-state index contributed by atoms with van der Waals surface area (Å²) < 4.78 is 0. The number of hydrogen-bond donors (Lipinski definition) is 1. The van der Waals surface area contributed by atoms with Gasteiger partial charge in [0.2, 0.25) is 0 Å². The fourth-order valence-corrected chi connectivity index (χ4v) is 9.05. The van der Waals surface area contributed by atoms with Gasteiger partial charge in [0.1, 0.15) is 5.60 Å². The first kappa shape index (κ1) is 29.0. The molecule has 0 unspecified atom stereocenters. The Morgan fingerprint density at radius 3 is 1.19 bits per heavy atom. The third-order valence-corrected chi connectivity index (χ3v) is 11.3. The molecule has 0 amide bonds. The van der Waals surface area contributed by atoms with Gasteiger partial charge in [0.05, 0.1) is 22.7 Å². The van der Waals surface area contributed by atoms with Crippen molar-refractivity contribution in [2.45, 2.75) is 25.2 Å². The minimum Gasteiger partial charge on any atom is -0.376 e. The zero-order valence-corrected chi connectivity index (χ0v) is 27.5. The predicted molar refractivity (Wildman–Crippen MR) is 199 cm³/mol. The molecule has 0 radical (unpaired) electrons. The van der Waals surface area contributed by atoms with Crippen LogP contribution in [0.3, 0.4) is 0 Å². The van der Waals surface area contributed by atoms with Gasteiger partial charge >= 0.3 is 0 Å². The zero-order valence-electron chi connectivity index (χ0n) is 25.9. The van der Waals surface area contributed by atoms with E-state index in [0.717, 1.165) is 60.6 Å². The van der Waals surface area contributed by atoms with Gasteiger partial charge in [-0.3, -0.25) is 0 Å². The van der Waals surface area contributed by atoms with Crippen LogP contribution in [0, 0.1) is 0 Å². The van der Waals surface area contributed by atoms with E-state index in [0.29, 0.717) is 0 Å². The van der Waals surface area contributed by atoms with E-state index in [1.807, 2.05) is 42.5 Å². The lowest BCUT2D eigenvalue weighted by atomic mass is 9.80. The third-order valence-electron chi connectivity index (χ3n) is 9.11. The molecule has 2 aliphatic rings. The van der Waals surface area contributed by atoms with Crippen LogP contribution in [0.2, 0.25) is 0 Å². The molecule has 0 saturated carbocycles. The fraction of sp³-hybridized carbons (Fsp3) is 0.0233. The van der Waals surface area contributed by atoms with E-state index in [1.165, 1.54) is 9.79 Å². The average Bonchev–Trinajstić information content (AvgIpc) is 3.16. The van der Waals surface area contributed by atoms with E-state index in [9.17, 15) is 5.11 Å². The molecule has 0 aliphatic carbocycles. The van der Waals surface area contributed by atoms with Crippen molar-refractivity contribution < 1.29 is 5.11 Å². The summed E-state index contributed by atoms with van der Waals surface area (Å²) in [5.41, 5.74) is 7.80. The minimum absolute atomic E-state index is 0.826. The lowest BCUT2D eigenvalue weighted by molar-refractivity contribution is 0.125. The number of benzene rings is 7. The molecule has 48 heavy (non-hydrogen) atoms. The molecule has 0 aromatic heterocycles. The number of nitrogens with zero attached hydrogens (tertiary/aromatic N) is 2. The molecule has 0 fully saturated rings. The molecule has 0 saturated heterocycles. The minimum atomic E-state index is -1.39. The molecule has 0 spiro atoms. The molecule has 9 rings (SSSR count). The van der Waals surface area contributed by atoms with Crippen LogP contribution < -0.4 is 9.80 Å². The first-order chi connectivity index (χ1) is 23.7. The van der Waals surface area contributed by atoms with Crippen molar-refractivity contribution in [3.8, 4) is 0 Å². The third kappa shape index (κ3) is 4.74. The summed E-state index contributed by atoms with van der Waals surface area (Å²) in [4.78, 5) is 9.19. The topological polar surface area (TPSA) is 26.7 Å². The van der Waals surface area contributed by atoms with Crippen LogP contribution in [0.15, 0.2) is 196 Å². The number of hydrogen-bond acceptors (Lipinski definition) is 5. The monoisotopic (exact) mass is 654 g/mol. The van der Waals surface area contributed by atoms with Gasteiger partial charge in [0, 0.05) is 31.0 Å². The van der Waals surface area contributed by atoms with E-state index in [2.05, 4.69) is 143 Å². The molecule has 230 valence electrons. The Bertz CT molecular complexity index is 2130. The molecule has 7 aromatic carbocycles. The summed E-state index contributed by atoms with van der Waals surface area (Å²) in [6, 6.07) is 61.0. The van der Waals surface area contributed by atoms with Gasteiger partial charge in [-0.25, -0.2) is 0 Å². The number of rotatable bonds is 5. The molecule has 2 heterocycles. The lowest BCUT2D eigenvalue weighted by Gasteiger charge is -2.37. The molecule has 1 N–H and O–H groups in total. The highest BCUT2D eigenvalue weighted by atomic mass is 32.2. The van der Waals surface area contributed by atoms with Gasteiger partial charge in [0.15, 0.2) is 0 Å². The first-order valence-corrected chi connectivity index (χ1v) is 17.6. The highest BCUT2D eigenvalue weighted by Gasteiger charge is 2.37. The highest BCUT2D eigenvalue weighted by molar-refractivity contribution is 8.00. The number of aliphatic hydroxyl groups is 1. The van der Waals surface area contributed by atoms with Gasteiger partial charge in [0.25, 0.3) is 0 Å². The average molecular weight is 655 g/mol. The number of fused-ring (bicyclic) bond motifs is 4. The van der Waals surface area contributed by atoms with Crippen LogP contribution in [0.1, 0.15) is 16.7 Å². The summed E-state index contributed by atoms with van der Waals surface area (Å²) in [5.74, 6) is 0. The van der Waals surface area contributed by atoms with E-state index in [4.69, 9.17) is 0 Å². The summed E-state index contributed by atoms with van der Waals surface area (Å²) in [6.07, 6.45) is 0. The Balaban J connectivity index is 1.21. The largest absolute Gasteiger partial charge is 0.376 e. The Morgan fingerprint density at radius 1 is 0.354 bits per heavy atom. The second-order valence-electron chi connectivity index (χ2n) is 11.9. The zero-order chi connectivity index (χ0) is 32.1. The van der Waals surface area contributed by atoms with Crippen molar-refractivity contribution >= 4 is 57.6 Å². The van der Waals surface area contributed by atoms with Crippen molar-refractivity contribution in [3.63, 3.8) is 0 Å². The Morgan fingerprint density at radius 2 is 0.729 bits per heavy atom. The Hall–Kier alpha value is -5.20. The number of anilines is 6. The van der Waals surface area contributed by atoms with Crippen LogP contribution >= 0.6 is 23.5 Å². The van der Waals surface area contributed by atoms with Crippen LogP contribution in [0.25, 0.3) is 0 Å². The van der Waals surface area contributed by atoms with Crippen molar-refractivity contribution in [2.75, 3.05) is 9.80 Å². The molecule has 0 bridgehead atoms. The molecule has 2 aliphatic heterocycles. The van der Waals surface area contributed by atoms with Crippen LogP contribution in [0.5, 0.6) is 0 Å². The normalized spacial score (nSPS) is 13.3. The maximum Gasteiger partial charge on any atom is 0.140 e. The van der Waals surface area contributed by atoms with Crippen LogP contribution in [-0.4, -0.2) is 5.11 Å². The summed E-state index contributed by atoms with van der Waals surface area (Å²) in [6.45, 7) is 0. The summed E-state index contributed by atoms with van der Waals surface area (Å²) >= 11 is 3.50. The van der Waals surface area contributed by atoms with Crippen molar-refractivity contribution in [1.29, 1.82) is 0 Å². The van der Waals surface area contributed by atoms with E-state index >= 15 is 0 Å². The SMILES string of the molecule is OC(c1ccccc1)(c1ccc2c(c1)Sc1ccccc1N2c1ccccc1)c1ccc2c(c1)Sc1ccccc1N2c1ccccc1. The number of para-hydroxylation sites is 4. The van der Waals surface area contributed by atoms with Crippen molar-refractivity contribution in [1.82, 2.24) is 0 Å². The maximum absolute atomic E-state index is 13.1. The summed E-state index contributed by atoms with van der Waals surface area (Å²) in [5, 5.41) is 13.1. The Labute approximate surface area is 289 Å². The van der Waals surface area contributed by atoms with E-state index in [1.54, 1.807) is 23.5 Å². The quantitative estimate of drug-likeness (QED) is 0.186. The summed E-state index contributed by atoms with van der Waals surface area (Å²) in [7, 11) is 0. The predicted octanol–water partition coefficient (Wildman–Crippen LogP) is 11.8. The van der Waals surface area contributed by atoms with Crippen molar-refractivity contribution in [3.05, 3.63) is 193 Å². The molecule has 7 aromatic rings. The van der Waals surface area contributed by atoms with Crippen molar-refractivity contribution in [2.24, 2.45) is 0 Å². The second-order valence-corrected chi connectivity index (χ2v) is 14.1. The first-order valence-electron chi connectivity index (χ1n) is 16.0. The highest BCUT2D eigenvalue weighted by Crippen LogP contribution is 2.55. The molecular formula is C43H30N2OS2. The molecule has 5 heteroatoms. The maximum atomic E-state index is 13.1. The standard InChI is InChI=1S/C43H30N2OS2/c46-43(30-14-4-1-5-15-30,31-24-26-37-41(28-31)47-39-22-12-10-20-35(39)44(37)33-16-6-2-7-17-33)32-25-27-38-42(29-32)48-40-23-13-11-21-36(40)45(38)34-18-8-3-9-19-34/h1-29,46H. The molecule has 3 nitrogen and oxygen atoms in total. The fourth-order valence-electron chi connectivity index (χ4n) is 6.85. The smallest absolute Gasteiger partial charge is 0.140 e. The van der Waals surface area contributed by atoms with Gasteiger partial charge < -0.3 is 14.9 Å². The van der Waals surface area contributed by atoms with Gasteiger partial charge in [-0.15, -0.1) is 0 Å². The lowest BCUT2D eigenvalue weighted by Crippen LogP contribution is -2.29. The molecular weight excluding hydrogens is 625 g/mol. The van der Waals surface area contributed by atoms with E-state index in [-0.39, 0.29) is 0 Å². The van der Waals surface area contributed by atoms with Gasteiger partial charge in [-0.2, -0.15) is 0 Å². The van der Waals surface area contributed by atoms with Crippen LogP contribution in [0.4, 0.5) is 34.1 Å². The molecule has 0 atom stereocenters. The van der Waals surface area contributed by atoms with Gasteiger partial charge in [-0.1, -0.05) is 127 Å². The Kier molecular flexibility index (Phi) is 7.12. The van der Waals surface area contributed by atoms with Crippen LogP contribution in [-0.2, 0) is 5.60 Å². The van der Waals surface area contributed by atoms with E-state index < -0.39 is 5.60 Å². The van der Waals surface area contributed by atoms with Gasteiger partial charge in [-0.05, 0) is 89.5 Å². The second kappa shape index (κ2) is 11.8.